The third-order valence-corrected chi connectivity index (χ3v) is 8.36. The largest absolute Gasteiger partial charge is 0.481 e. The molecule has 3 aromatic rings. The van der Waals surface area contributed by atoms with Crippen molar-refractivity contribution in [3.05, 3.63) is 64.3 Å². The van der Waals surface area contributed by atoms with E-state index in [1.807, 2.05) is 24.3 Å². The second-order valence-electron chi connectivity index (χ2n) is 10.4. The lowest BCUT2D eigenvalue weighted by Crippen LogP contribution is -2.40. The average Bonchev–Trinajstić information content (AvgIpc) is 3.52. The molecule has 0 radical (unpaired) electrons. The lowest BCUT2D eigenvalue weighted by molar-refractivity contribution is -0.144. The average molecular weight is 600 g/mol. The minimum absolute atomic E-state index is 0.0402. The maximum atomic E-state index is 14.3. The maximum Gasteiger partial charge on any atom is 0.306 e. The van der Waals surface area contributed by atoms with Crippen LogP contribution < -0.4 is 5.32 Å². The number of likely N-dealkylation sites (tertiary alicyclic amines) is 1. The number of carboxylic acids is 1. The predicted octanol–water partition coefficient (Wildman–Crippen LogP) is 5.32. The lowest BCUT2D eigenvalue weighted by Gasteiger charge is -2.29. The van der Waals surface area contributed by atoms with Crippen LogP contribution in [0, 0.1) is 5.92 Å². The van der Waals surface area contributed by atoms with Gasteiger partial charge in [0.15, 0.2) is 0 Å². The monoisotopic (exact) mass is 599 g/mol. The van der Waals surface area contributed by atoms with Gasteiger partial charge < -0.3 is 25.0 Å². The Bertz CT molecular complexity index is 1370. The highest BCUT2D eigenvalue weighted by atomic mass is 79.9. The van der Waals surface area contributed by atoms with E-state index in [0.717, 1.165) is 16.5 Å². The van der Waals surface area contributed by atoms with Gasteiger partial charge in [-0.05, 0) is 65.4 Å². The van der Waals surface area contributed by atoms with Crippen molar-refractivity contribution in [3.8, 4) is 0 Å². The molecule has 39 heavy (non-hydrogen) atoms. The van der Waals surface area contributed by atoms with Gasteiger partial charge in [-0.2, -0.15) is 0 Å². The molecule has 1 aliphatic heterocycles. The highest BCUT2D eigenvalue weighted by molar-refractivity contribution is 9.10. The molecule has 2 atom stereocenters. The van der Waals surface area contributed by atoms with E-state index in [4.69, 9.17) is 9.84 Å². The molecule has 1 aromatic heterocycles. The van der Waals surface area contributed by atoms with Crippen LogP contribution >= 0.6 is 15.9 Å². The Morgan fingerprint density at radius 3 is 2.64 bits per heavy atom. The minimum Gasteiger partial charge on any atom is -0.481 e. The Balaban J connectivity index is 1.17. The summed E-state index contributed by atoms with van der Waals surface area (Å²) in [5.41, 5.74) is 2.73. The summed E-state index contributed by atoms with van der Waals surface area (Å²) in [4.78, 5) is 41.8. The smallest absolute Gasteiger partial charge is 0.306 e. The van der Waals surface area contributed by atoms with E-state index >= 15 is 0 Å². The van der Waals surface area contributed by atoms with Crippen LogP contribution in [0.5, 0.6) is 0 Å². The number of carboxylic acid groups (broad SMARTS) is 1. The third kappa shape index (κ3) is 6.33. The standard InChI is InChI=1S/C29H31BrFN3O5/c30-24-11-17(5-10-26(24)33-28(36)23-14-32-25-4-2-1-3-22(23)25)12-27(35)34-15-19(31)13-20(34)16-39-21-8-6-18(7-9-21)29(37)38/h1-5,10-11,14,18-21,32H,6-9,12-13,15-16H2,(H,33,36)(H,37,38)/t18?,19-,20-,21?/m0/s1. The Labute approximate surface area is 234 Å². The molecule has 0 bridgehead atoms. The van der Waals surface area contributed by atoms with Crippen molar-refractivity contribution in [1.29, 1.82) is 0 Å². The van der Waals surface area contributed by atoms with Crippen LogP contribution in [-0.2, 0) is 20.7 Å². The highest BCUT2D eigenvalue weighted by Gasteiger charge is 2.36. The van der Waals surface area contributed by atoms with Crippen molar-refractivity contribution in [2.45, 2.75) is 56.8 Å². The molecular formula is C29H31BrFN3O5. The molecule has 2 aliphatic rings. The first-order chi connectivity index (χ1) is 18.8. The zero-order valence-electron chi connectivity index (χ0n) is 21.4. The molecule has 1 saturated carbocycles. The van der Waals surface area contributed by atoms with Gasteiger partial charge in [0.1, 0.15) is 6.17 Å². The number of nitrogens with zero attached hydrogens (tertiary/aromatic N) is 1. The number of rotatable bonds is 8. The lowest BCUT2D eigenvalue weighted by atomic mass is 9.87. The number of halogens is 2. The van der Waals surface area contributed by atoms with Gasteiger partial charge in [0, 0.05) is 28.0 Å². The number of alkyl halides is 1. The highest BCUT2D eigenvalue weighted by Crippen LogP contribution is 2.30. The van der Waals surface area contributed by atoms with E-state index < -0.39 is 12.1 Å². The molecule has 8 nitrogen and oxygen atoms in total. The Hall–Kier alpha value is -3.24. The SMILES string of the molecule is O=C(Nc1ccc(CC(=O)N2C[C@@H](F)C[C@H]2COC2CCC(C(=O)O)CC2)cc1Br)c1c[nH]c2ccccc12. The first kappa shape index (κ1) is 27.3. The normalized spacial score (nSPS) is 23.2. The van der Waals surface area contributed by atoms with Gasteiger partial charge >= 0.3 is 5.97 Å². The first-order valence-corrected chi connectivity index (χ1v) is 14.0. The molecule has 2 amide bonds. The summed E-state index contributed by atoms with van der Waals surface area (Å²) in [6.45, 7) is 0.287. The van der Waals surface area contributed by atoms with Gasteiger partial charge in [-0.25, -0.2) is 4.39 Å². The van der Waals surface area contributed by atoms with Gasteiger partial charge in [0.2, 0.25) is 5.91 Å². The van der Waals surface area contributed by atoms with E-state index in [0.29, 0.717) is 41.4 Å². The third-order valence-electron chi connectivity index (χ3n) is 7.70. The second-order valence-corrected chi connectivity index (χ2v) is 11.2. The number of amides is 2. The number of aliphatic carboxylic acids is 1. The van der Waals surface area contributed by atoms with Crippen LogP contribution in [0.2, 0.25) is 0 Å². The van der Waals surface area contributed by atoms with Crippen LogP contribution in [0.25, 0.3) is 10.9 Å². The number of para-hydroxylation sites is 1. The molecule has 1 aliphatic carbocycles. The van der Waals surface area contributed by atoms with Crippen molar-refractivity contribution in [2.75, 3.05) is 18.5 Å². The Kier molecular flexibility index (Phi) is 8.32. The van der Waals surface area contributed by atoms with E-state index in [2.05, 4.69) is 26.2 Å². The van der Waals surface area contributed by atoms with Crippen LogP contribution in [0.1, 0.15) is 48.0 Å². The summed E-state index contributed by atoms with van der Waals surface area (Å²) >= 11 is 3.50. The number of aromatic nitrogens is 1. The van der Waals surface area contributed by atoms with E-state index in [1.165, 1.54) is 0 Å². The molecule has 2 aromatic carbocycles. The number of H-pyrrole nitrogens is 1. The maximum absolute atomic E-state index is 14.3. The molecule has 0 unspecified atom stereocenters. The van der Waals surface area contributed by atoms with Crippen LogP contribution in [-0.4, -0.2) is 64.2 Å². The molecule has 0 spiro atoms. The summed E-state index contributed by atoms with van der Waals surface area (Å²) in [5, 5.41) is 12.9. The summed E-state index contributed by atoms with van der Waals surface area (Å²) in [5.74, 6) is -1.52. The minimum atomic E-state index is -1.10. The number of aromatic amines is 1. The number of hydrogen-bond donors (Lipinski definition) is 3. The fourth-order valence-corrected chi connectivity index (χ4v) is 6.07. The molecule has 2 fully saturated rings. The van der Waals surface area contributed by atoms with E-state index in [9.17, 15) is 18.8 Å². The van der Waals surface area contributed by atoms with Gasteiger partial charge in [-0.1, -0.05) is 24.3 Å². The summed E-state index contributed by atoms with van der Waals surface area (Å²) in [6, 6.07) is 12.5. The van der Waals surface area contributed by atoms with Crippen LogP contribution in [0.15, 0.2) is 53.1 Å². The molecule has 2 heterocycles. The zero-order chi connectivity index (χ0) is 27.5. The number of carbonyl (C=O) groups excluding carboxylic acids is 2. The summed E-state index contributed by atoms with van der Waals surface area (Å²) in [6.07, 6.45) is 3.33. The number of anilines is 1. The van der Waals surface area contributed by atoms with E-state index in [-0.39, 0.29) is 55.9 Å². The topological polar surface area (TPSA) is 112 Å². The van der Waals surface area contributed by atoms with E-state index in [1.54, 1.807) is 29.3 Å². The van der Waals surface area contributed by atoms with Gasteiger partial charge in [0.05, 0.1) is 48.9 Å². The number of carbonyl (C=O) groups is 3. The van der Waals surface area contributed by atoms with Crippen molar-refractivity contribution < 1.29 is 28.6 Å². The van der Waals surface area contributed by atoms with Gasteiger partial charge in [-0.15, -0.1) is 0 Å². The summed E-state index contributed by atoms with van der Waals surface area (Å²) < 4.78 is 21.0. The van der Waals surface area contributed by atoms with Crippen LogP contribution in [0.3, 0.4) is 0 Å². The molecule has 10 heteroatoms. The zero-order valence-corrected chi connectivity index (χ0v) is 23.0. The predicted molar refractivity (Wildman–Crippen MR) is 148 cm³/mol. The first-order valence-electron chi connectivity index (χ1n) is 13.2. The van der Waals surface area contributed by atoms with Gasteiger partial charge in [-0.3, -0.25) is 14.4 Å². The quantitative estimate of drug-likeness (QED) is 0.324. The molecule has 1 saturated heterocycles. The Morgan fingerprint density at radius 1 is 1.13 bits per heavy atom. The molecule has 206 valence electrons. The fraction of sp³-hybridized carbons (Fsp3) is 0.414. The van der Waals surface area contributed by atoms with Crippen molar-refractivity contribution in [2.24, 2.45) is 5.92 Å². The number of ether oxygens (including phenoxy) is 1. The molecule has 5 rings (SSSR count). The van der Waals surface area contributed by atoms with Gasteiger partial charge in [0.25, 0.3) is 5.91 Å². The summed E-state index contributed by atoms with van der Waals surface area (Å²) in [7, 11) is 0. The molecule has 3 N–H and O–H groups in total. The second kappa shape index (κ2) is 11.9. The number of benzene rings is 2. The van der Waals surface area contributed by atoms with Crippen molar-refractivity contribution in [1.82, 2.24) is 9.88 Å². The number of fused-ring (bicyclic) bond motifs is 1. The van der Waals surface area contributed by atoms with Crippen LogP contribution in [0.4, 0.5) is 10.1 Å². The van der Waals surface area contributed by atoms with Crippen molar-refractivity contribution in [3.63, 3.8) is 0 Å². The molecular weight excluding hydrogens is 569 g/mol. The fourth-order valence-electron chi connectivity index (χ4n) is 5.54. The number of nitrogens with one attached hydrogen (secondary N) is 2. The van der Waals surface area contributed by atoms with Crippen molar-refractivity contribution >= 4 is 50.3 Å². The number of hydrogen-bond acceptors (Lipinski definition) is 4. The Morgan fingerprint density at radius 2 is 1.90 bits per heavy atom.